The summed E-state index contributed by atoms with van der Waals surface area (Å²) in [6.45, 7) is 2.76. The Bertz CT molecular complexity index is 117. The van der Waals surface area contributed by atoms with E-state index in [4.69, 9.17) is 5.73 Å². The van der Waals surface area contributed by atoms with Crippen LogP contribution in [0.3, 0.4) is 0 Å². The molecule has 74 valence electrons. The lowest BCUT2D eigenvalue weighted by molar-refractivity contribution is 0.647. The summed E-state index contributed by atoms with van der Waals surface area (Å²) >= 11 is 0. The molecule has 1 atom stereocenters. The van der Waals surface area contributed by atoms with Crippen LogP contribution in [0.1, 0.15) is 39.0 Å². The monoisotopic (exact) mass is 191 g/mol. The molecule has 0 saturated heterocycles. The molecule has 0 spiro atoms. The van der Waals surface area contributed by atoms with Gasteiger partial charge < -0.3 is 5.73 Å². The van der Waals surface area contributed by atoms with Crippen molar-refractivity contribution in [3.05, 3.63) is 0 Å². The molecule has 12 heavy (non-hydrogen) atoms. The van der Waals surface area contributed by atoms with E-state index in [0.29, 0.717) is 12.3 Å². The van der Waals surface area contributed by atoms with Crippen LogP contribution in [0, 0.1) is 0 Å². The molecule has 0 aliphatic rings. The molecule has 0 aromatic heterocycles. The number of nitrogens with two attached hydrogens (primary N) is 1. The highest BCUT2D eigenvalue weighted by Gasteiger charge is 1.96. The van der Waals surface area contributed by atoms with Gasteiger partial charge in [0.25, 0.3) is 0 Å². The third-order valence-corrected chi connectivity index (χ3v) is 3.26. The van der Waals surface area contributed by atoms with Gasteiger partial charge in [-0.1, -0.05) is 32.6 Å². The highest BCUT2D eigenvalue weighted by molar-refractivity contribution is 7.84. The van der Waals surface area contributed by atoms with E-state index in [9.17, 15) is 4.21 Å². The van der Waals surface area contributed by atoms with E-state index in [1.54, 1.807) is 0 Å². The SMILES string of the molecule is CCCCCCCS(=O)CCN. The zero-order chi connectivity index (χ0) is 9.23. The van der Waals surface area contributed by atoms with Crippen molar-refractivity contribution in [3.8, 4) is 0 Å². The summed E-state index contributed by atoms with van der Waals surface area (Å²) in [5, 5.41) is 0. The second-order valence-corrected chi connectivity index (χ2v) is 4.75. The van der Waals surface area contributed by atoms with Crippen LogP contribution in [0.25, 0.3) is 0 Å². The van der Waals surface area contributed by atoms with Crippen LogP contribution in [0.4, 0.5) is 0 Å². The summed E-state index contributed by atoms with van der Waals surface area (Å²) in [7, 11) is -0.650. The van der Waals surface area contributed by atoms with Gasteiger partial charge in [-0.2, -0.15) is 0 Å². The van der Waals surface area contributed by atoms with Crippen LogP contribution in [0.5, 0.6) is 0 Å². The molecule has 0 radical (unpaired) electrons. The average Bonchev–Trinajstić information content (AvgIpc) is 2.05. The number of hydrogen-bond donors (Lipinski definition) is 1. The van der Waals surface area contributed by atoms with Crippen LogP contribution in [-0.4, -0.2) is 22.3 Å². The first-order valence-electron chi connectivity index (χ1n) is 4.86. The zero-order valence-electron chi connectivity index (χ0n) is 8.05. The fourth-order valence-electron chi connectivity index (χ4n) is 1.10. The first kappa shape index (κ1) is 12.1. The zero-order valence-corrected chi connectivity index (χ0v) is 8.87. The molecule has 2 N–H and O–H groups in total. The van der Waals surface area contributed by atoms with Gasteiger partial charge in [-0.25, -0.2) is 0 Å². The Balaban J connectivity index is 3.03. The normalized spacial score (nSPS) is 13.2. The van der Waals surface area contributed by atoms with E-state index in [-0.39, 0.29) is 0 Å². The molecule has 0 amide bonds. The minimum Gasteiger partial charge on any atom is -0.330 e. The maximum Gasteiger partial charge on any atom is 0.0357 e. The summed E-state index contributed by atoms with van der Waals surface area (Å²) in [5.41, 5.74) is 5.29. The molecule has 1 unspecified atom stereocenters. The molecule has 0 aromatic carbocycles. The molecule has 0 saturated carbocycles. The summed E-state index contributed by atoms with van der Waals surface area (Å²) in [5.74, 6) is 1.52. The summed E-state index contributed by atoms with van der Waals surface area (Å²) in [6, 6.07) is 0. The Labute approximate surface area is 78.4 Å². The van der Waals surface area contributed by atoms with Gasteiger partial charge in [-0.05, 0) is 6.42 Å². The van der Waals surface area contributed by atoms with Crippen LogP contribution in [0.2, 0.25) is 0 Å². The van der Waals surface area contributed by atoms with Gasteiger partial charge in [0.2, 0.25) is 0 Å². The minimum absolute atomic E-state index is 0.557. The quantitative estimate of drug-likeness (QED) is 0.593. The van der Waals surface area contributed by atoms with Crippen molar-refractivity contribution >= 4 is 10.8 Å². The van der Waals surface area contributed by atoms with Gasteiger partial charge in [0.15, 0.2) is 0 Å². The van der Waals surface area contributed by atoms with Gasteiger partial charge in [0.05, 0.1) is 0 Å². The van der Waals surface area contributed by atoms with Crippen molar-refractivity contribution < 1.29 is 4.21 Å². The molecule has 0 aromatic rings. The van der Waals surface area contributed by atoms with E-state index < -0.39 is 10.8 Å². The van der Waals surface area contributed by atoms with E-state index >= 15 is 0 Å². The Kier molecular flexibility index (Phi) is 9.28. The topological polar surface area (TPSA) is 43.1 Å². The Hall–Kier alpha value is 0.110. The van der Waals surface area contributed by atoms with Gasteiger partial charge >= 0.3 is 0 Å². The van der Waals surface area contributed by atoms with Crippen LogP contribution in [0.15, 0.2) is 0 Å². The van der Waals surface area contributed by atoms with Crippen molar-refractivity contribution in [1.29, 1.82) is 0 Å². The maximum absolute atomic E-state index is 11.1. The summed E-state index contributed by atoms with van der Waals surface area (Å²) in [6.07, 6.45) is 6.20. The first-order valence-corrected chi connectivity index (χ1v) is 6.35. The van der Waals surface area contributed by atoms with Crippen molar-refractivity contribution in [2.24, 2.45) is 5.73 Å². The third-order valence-electron chi connectivity index (χ3n) is 1.82. The second-order valence-electron chi connectivity index (χ2n) is 3.05. The predicted octanol–water partition coefficient (Wildman–Crippen LogP) is 1.66. The smallest absolute Gasteiger partial charge is 0.0357 e. The van der Waals surface area contributed by atoms with Gasteiger partial charge in [-0.3, -0.25) is 4.21 Å². The molecule has 0 rings (SSSR count). The Morgan fingerprint density at radius 2 is 1.75 bits per heavy atom. The average molecular weight is 191 g/mol. The highest BCUT2D eigenvalue weighted by atomic mass is 32.2. The third kappa shape index (κ3) is 8.21. The molecular formula is C9H21NOS. The van der Waals surface area contributed by atoms with E-state index in [2.05, 4.69) is 6.92 Å². The lowest BCUT2D eigenvalue weighted by Crippen LogP contribution is -2.12. The molecule has 2 nitrogen and oxygen atoms in total. The van der Waals surface area contributed by atoms with Crippen LogP contribution >= 0.6 is 0 Å². The first-order chi connectivity index (χ1) is 5.81. The largest absolute Gasteiger partial charge is 0.330 e. The number of rotatable bonds is 8. The number of unbranched alkanes of at least 4 members (excludes halogenated alkanes) is 4. The molecule has 3 heteroatoms. The van der Waals surface area contributed by atoms with E-state index in [0.717, 1.165) is 12.2 Å². The molecule has 0 aliphatic heterocycles. The maximum atomic E-state index is 11.1. The molecule has 0 aliphatic carbocycles. The lowest BCUT2D eigenvalue weighted by atomic mass is 10.2. The summed E-state index contributed by atoms with van der Waals surface area (Å²) < 4.78 is 11.1. The van der Waals surface area contributed by atoms with Gasteiger partial charge in [-0.15, -0.1) is 0 Å². The Morgan fingerprint density at radius 3 is 2.33 bits per heavy atom. The fraction of sp³-hybridized carbons (Fsp3) is 1.00. The molecule has 0 fully saturated rings. The van der Waals surface area contributed by atoms with E-state index in [1.807, 2.05) is 0 Å². The predicted molar refractivity (Wildman–Crippen MR) is 55.7 cm³/mol. The van der Waals surface area contributed by atoms with Gasteiger partial charge in [0.1, 0.15) is 0 Å². The van der Waals surface area contributed by atoms with Crippen LogP contribution < -0.4 is 5.73 Å². The van der Waals surface area contributed by atoms with Crippen molar-refractivity contribution in [1.82, 2.24) is 0 Å². The van der Waals surface area contributed by atoms with Crippen LogP contribution in [-0.2, 0) is 10.8 Å². The standard InChI is InChI=1S/C9H21NOS/c1-2-3-4-5-6-8-12(11)9-7-10/h2-10H2,1H3. The van der Waals surface area contributed by atoms with E-state index in [1.165, 1.54) is 25.7 Å². The Morgan fingerprint density at radius 1 is 1.08 bits per heavy atom. The van der Waals surface area contributed by atoms with Gasteiger partial charge in [0, 0.05) is 28.9 Å². The molecule has 0 bridgehead atoms. The lowest BCUT2D eigenvalue weighted by Gasteiger charge is -1.99. The molecule has 0 heterocycles. The second kappa shape index (κ2) is 9.20. The summed E-state index contributed by atoms with van der Waals surface area (Å²) in [4.78, 5) is 0. The van der Waals surface area contributed by atoms with Crippen molar-refractivity contribution in [3.63, 3.8) is 0 Å². The molecular weight excluding hydrogens is 170 g/mol. The fourth-order valence-corrected chi connectivity index (χ4v) is 2.09. The number of hydrogen-bond acceptors (Lipinski definition) is 2. The van der Waals surface area contributed by atoms with Crippen molar-refractivity contribution in [2.75, 3.05) is 18.1 Å². The highest BCUT2D eigenvalue weighted by Crippen LogP contribution is 2.02. The van der Waals surface area contributed by atoms with Crippen molar-refractivity contribution in [2.45, 2.75) is 39.0 Å². The minimum atomic E-state index is -0.650.